The van der Waals surface area contributed by atoms with E-state index < -0.39 is 22.7 Å². The van der Waals surface area contributed by atoms with Gasteiger partial charge < -0.3 is 0 Å². The van der Waals surface area contributed by atoms with Crippen molar-refractivity contribution in [3.8, 4) is 0 Å². The van der Waals surface area contributed by atoms with E-state index >= 15 is 0 Å². The molecule has 0 radical (unpaired) electrons. The van der Waals surface area contributed by atoms with E-state index in [1.54, 1.807) is 4.35 Å². The number of fused-ring (bicyclic) bond motifs is 1. The second-order valence-electron chi connectivity index (χ2n) is 4.90. The molecular weight excluding hydrogens is 247 g/mol. The average Bonchev–Trinajstić information content (AvgIpc) is 2.44. The third-order valence-electron chi connectivity index (χ3n) is 2.72. The van der Waals surface area contributed by atoms with Crippen LogP contribution in [-0.2, 0) is 0 Å². The number of benzene rings is 1. The second kappa shape index (κ2) is 3.39. The van der Waals surface area contributed by atoms with Crippen molar-refractivity contribution in [1.29, 1.82) is 0 Å². The van der Waals surface area contributed by atoms with Gasteiger partial charge in [-0.1, -0.05) is 0 Å². The molecule has 0 fully saturated rings. The first kappa shape index (κ1) is 10.3. The summed E-state index contributed by atoms with van der Waals surface area (Å²) in [6.07, 6.45) is 2.49. The van der Waals surface area contributed by atoms with Crippen LogP contribution in [0, 0.1) is 0 Å². The van der Waals surface area contributed by atoms with Crippen molar-refractivity contribution < 1.29 is 0 Å². The summed E-state index contributed by atoms with van der Waals surface area (Å²) in [5.74, 6) is 0. The third-order valence-corrected chi connectivity index (χ3v) is 14.5. The number of rotatable bonds is 1. The molecule has 1 aliphatic rings. The predicted molar refractivity (Wildman–Crippen MR) is 69.0 cm³/mol. The van der Waals surface area contributed by atoms with Crippen LogP contribution in [0.2, 0.25) is 25.4 Å². The average molecular weight is 264 g/mol. The standard InChI is InChI=1S/C12H17AsSi/c1-13-11-8-6-5-7-10(11)9-12(13)14(2,3)4/h5-9H,1-4H3. The molecule has 0 saturated carbocycles. The Morgan fingerprint density at radius 1 is 1.07 bits per heavy atom. The fourth-order valence-electron chi connectivity index (χ4n) is 2.01. The first-order chi connectivity index (χ1) is 6.50. The first-order valence-corrected chi connectivity index (χ1v) is 12.3. The Morgan fingerprint density at radius 2 is 1.71 bits per heavy atom. The van der Waals surface area contributed by atoms with E-state index in [0.29, 0.717) is 0 Å². The summed E-state index contributed by atoms with van der Waals surface area (Å²) in [6.45, 7) is 7.40. The molecule has 0 spiro atoms. The van der Waals surface area contributed by atoms with Crippen LogP contribution in [0.25, 0.3) is 6.08 Å². The minimum absolute atomic E-state index is 0.835. The molecule has 0 aromatic heterocycles. The molecule has 1 aromatic rings. The molecular formula is C12H17AsSi. The van der Waals surface area contributed by atoms with Crippen LogP contribution in [0.5, 0.6) is 0 Å². The van der Waals surface area contributed by atoms with Crippen LogP contribution in [0.1, 0.15) is 5.56 Å². The van der Waals surface area contributed by atoms with E-state index in [-0.39, 0.29) is 0 Å². The van der Waals surface area contributed by atoms with Crippen molar-refractivity contribution in [3.63, 3.8) is 0 Å². The van der Waals surface area contributed by atoms with Crippen molar-refractivity contribution in [2.24, 2.45) is 0 Å². The summed E-state index contributed by atoms with van der Waals surface area (Å²) < 4.78 is 3.50. The van der Waals surface area contributed by atoms with Crippen LogP contribution in [0.15, 0.2) is 28.2 Å². The first-order valence-electron chi connectivity index (χ1n) is 5.05. The molecule has 0 nitrogen and oxygen atoms in total. The fourth-order valence-corrected chi connectivity index (χ4v) is 13.6. The van der Waals surface area contributed by atoms with Gasteiger partial charge in [-0.25, -0.2) is 0 Å². The molecule has 1 heterocycles. The van der Waals surface area contributed by atoms with E-state index in [2.05, 4.69) is 55.7 Å². The van der Waals surface area contributed by atoms with Crippen molar-refractivity contribution in [2.45, 2.75) is 25.4 Å². The summed E-state index contributed by atoms with van der Waals surface area (Å²) in [4.78, 5) is 0. The molecule has 1 unspecified atom stereocenters. The molecule has 74 valence electrons. The van der Waals surface area contributed by atoms with Crippen LogP contribution in [-0.4, -0.2) is 22.7 Å². The van der Waals surface area contributed by atoms with Gasteiger partial charge in [-0.05, 0) is 0 Å². The minimum atomic E-state index is -1.06. The molecule has 1 atom stereocenters. The van der Waals surface area contributed by atoms with Crippen LogP contribution >= 0.6 is 0 Å². The molecule has 2 rings (SSSR count). The van der Waals surface area contributed by atoms with E-state index in [9.17, 15) is 0 Å². The molecule has 0 bridgehead atoms. The van der Waals surface area contributed by atoms with Gasteiger partial charge in [0.1, 0.15) is 0 Å². The van der Waals surface area contributed by atoms with Crippen LogP contribution in [0.3, 0.4) is 0 Å². The molecule has 0 N–H and O–H groups in total. The molecule has 0 aliphatic carbocycles. The van der Waals surface area contributed by atoms with Gasteiger partial charge in [0.25, 0.3) is 0 Å². The molecule has 14 heavy (non-hydrogen) atoms. The van der Waals surface area contributed by atoms with Crippen molar-refractivity contribution in [3.05, 3.63) is 33.8 Å². The van der Waals surface area contributed by atoms with Crippen molar-refractivity contribution >= 4 is 33.2 Å². The van der Waals surface area contributed by atoms with Crippen molar-refractivity contribution in [2.75, 3.05) is 0 Å². The summed E-state index contributed by atoms with van der Waals surface area (Å²) in [7, 11) is -1.06. The monoisotopic (exact) mass is 264 g/mol. The molecule has 0 saturated heterocycles. The zero-order chi connectivity index (χ0) is 10.3. The SMILES string of the molecule is C[As]1C([Si](C)(C)C)=Cc2ccccc21. The fraction of sp³-hybridized carbons (Fsp3) is 0.333. The van der Waals surface area contributed by atoms with Crippen molar-refractivity contribution in [1.82, 2.24) is 0 Å². The summed E-state index contributed by atoms with van der Waals surface area (Å²) in [6, 6.07) is 8.95. The molecule has 2 heteroatoms. The second-order valence-corrected chi connectivity index (χ2v) is 15.2. The molecule has 1 aliphatic heterocycles. The Labute approximate surface area is 92.3 Å². The Bertz CT molecular complexity index is 388. The van der Waals surface area contributed by atoms with Gasteiger partial charge >= 0.3 is 92.3 Å². The summed E-state index contributed by atoms with van der Waals surface area (Å²) in [5, 5.41) is 0. The number of hydrogen-bond acceptors (Lipinski definition) is 0. The topological polar surface area (TPSA) is 0 Å². The van der Waals surface area contributed by atoms with Gasteiger partial charge in [0.15, 0.2) is 0 Å². The Hall–Kier alpha value is -0.265. The van der Waals surface area contributed by atoms with Gasteiger partial charge in [-0.3, -0.25) is 0 Å². The van der Waals surface area contributed by atoms with Gasteiger partial charge in [-0.2, -0.15) is 0 Å². The zero-order valence-electron chi connectivity index (χ0n) is 9.33. The van der Waals surface area contributed by atoms with E-state index in [1.807, 2.05) is 3.98 Å². The summed E-state index contributed by atoms with van der Waals surface area (Å²) >= 11 is -0.835. The predicted octanol–water partition coefficient (Wildman–Crippen LogP) is 2.83. The van der Waals surface area contributed by atoms with E-state index in [1.165, 1.54) is 5.56 Å². The maximum atomic E-state index is 2.49. The Kier molecular flexibility index (Phi) is 2.49. The molecule has 1 aromatic carbocycles. The van der Waals surface area contributed by atoms with Crippen LogP contribution in [0.4, 0.5) is 0 Å². The van der Waals surface area contributed by atoms with E-state index in [0.717, 1.165) is 0 Å². The zero-order valence-corrected chi connectivity index (χ0v) is 12.2. The maximum absolute atomic E-state index is 2.49. The van der Waals surface area contributed by atoms with Gasteiger partial charge in [0, 0.05) is 0 Å². The van der Waals surface area contributed by atoms with Gasteiger partial charge in [0.2, 0.25) is 0 Å². The third kappa shape index (κ3) is 1.64. The number of hydrogen-bond donors (Lipinski definition) is 0. The van der Waals surface area contributed by atoms with E-state index in [4.69, 9.17) is 0 Å². The molecule has 0 amide bonds. The summed E-state index contributed by atoms with van der Waals surface area (Å²) in [5.41, 5.74) is 4.00. The van der Waals surface area contributed by atoms with Gasteiger partial charge in [-0.15, -0.1) is 0 Å². The normalized spacial score (nSPS) is 20.6. The van der Waals surface area contributed by atoms with Gasteiger partial charge in [0.05, 0.1) is 0 Å². The Balaban J connectivity index is 2.47. The quantitative estimate of drug-likeness (QED) is 0.684. The Morgan fingerprint density at radius 3 is 2.29 bits per heavy atom. The van der Waals surface area contributed by atoms with Crippen LogP contribution < -0.4 is 4.35 Å².